The SMILES string of the molecule is OC1C(n2cnc3c(NCc4cccc(F)c4)nc(Cl)nc32)SC[C@@H]1O. The molecule has 4 rings (SSSR count). The highest BCUT2D eigenvalue weighted by Crippen LogP contribution is 2.38. The Kier molecular flexibility index (Phi) is 4.70. The molecular weight excluding hydrogens is 381 g/mol. The van der Waals surface area contributed by atoms with Crippen molar-refractivity contribution in [2.75, 3.05) is 11.1 Å². The molecule has 0 saturated carbocycles. The second kappa shape index (κ2) is 6.99. The fraction of sp³-hybridized carbons (Fsp3) is 0.312. The number of anilines is 1. The number of nitrogens with one attached hydrogen (secondary N) is 1. The molecule has 7 nitrogen and oxygen atoms in total. The highest BCUT2D eigenvalue weighted by molar-refractivity contribution is 7.99. The monoisotopic (exact) mass is 395 g/mol. The number of benzene rings is 1. The van der Waals surface area contributed by atoms with E-state index in [1.54, 1.807) is 23.0 Å². The molecule has 0 amide bonds. The molecule has 0 radical (unpaired) electrons. The van der Waals surface area contributed by atoms with Crippen LogP contribution >= 0.6 is 23.4 Å². The molecule has 10 heteroatoms. The highest BCUT2D eigenvalue weighted by Gasteiger charge is 2.36. The number of rotatable bonds is 4. The Labute approximate surface area is 157 Å². The third-order valence-electron chi connectivity index (χ3n) is 4.14. The van der Waals surface area contributed by atoms with Crippen LogP contribution in [0.5, 0.6) is 0 Å². The van der Waals surface area contributed by atoms with E-state index in [-0.39, 0.29) is 11.1 Å². The molecule has 1 saturated heterocycles. The average Bonchev–Trinajstić information content (AvgIpc) is 3.17. The first kappa shape index (κ1) is 17.5. The summed E-state index contributed by atoms with van der Waals surface area (Å²) in [5, 5.41) is 22.7. The molecule has 0 spiro atoms. The molecule has 136 valence electrons. The number of aromatic nitrogens is 4. The molecule has 1 aliphatic rings. The summed E-state index contributed by atoms with van der Waals surface area (Å²) >= 11 is 7.46. The summed E-state index contributed by atoms with van der Waals surface area (Å²) < 4.78 is 15.0. The van der Waals surface area contributed by atoms with Crippen molar-refractivity contribution in [2.45, 2.75) is 24.1 Å². The smallest absolute Gasteiger partial charge is 0.226 e. The maximum atomic E-state index is 13.3. The molecule has 0 bridgehead atoms. The molecule has 3 aromatic rings. The number of aliphatic hydroxyl groups is 2. The molecule has 1 fully saturated rings. The van der Waals surface area contributed by atoms with E-state index < -0.39 is 17.6 Å². The predicted octanol–water partition coefficient (Wildman–Crippen LogP) is 2.20. The molecule has 2 aromatic heterocycles. The van der Waals surface area contributed by atoms with Gasteiger partial charge in [0.2, 0.25) is 5.28 Å². The van der Waals surface area contributed by atoms with Gasteiger partial charge in [-0.3, -0.25) is 4.57 Å². The fourth-order valence-corrected chi connectivity index (χ4v) is 4.31. The molecule has 3 heterocycles. The Morgan fingerprint density at radius 2 is 2.19 bits per heavy atom. The van der Waals surface area contributed by atoms with Crippen molar-refractivity contribution in [1.29, 1.82) is 0 Å². The second-order valence-corrected chi connectivity index (χ2v) is 7.42. The topological polar surface area (TPSA) is 96.1 Å². The van der Waals surface area contributed by atoms with Crippen molar-refractivity contribution in [3.63, 3.8) is 0 Å². The predicted molar refractivity (Wildman–Crippen MR) is 97.6 cm³/mol. The standard InChI is InChI=1S/C16H15ClFN5O2S/c17-16-21-13(19-5-8-2-1-3-9(18)4-8)11-14(22-16)23(7-20-11)15-12(25)10(24)6-26-15/h1-4,7,10,12,15,24-25H,5-6H2,(H,19,21,22)/t10-,12?,15?/m0/s1. The van der Waals surface area contributed by atoms with Crippen LogP contribution in [0.25, 0.3) is 11.2 Å². The van der Waals surface area contributed by atoms with Crippen LogP contribution in [-0.2, 0) is 6.54 Å². The van der Waals surface area contributed by atoms with Crippen LogP contribution in [0.3, 0.4) is 0 Å². The average molecular weight is 396 g/mol. The number of fused-ring (bicyclic) bond motifs is 1. The molecular formula is C16H15ClFN5O2S. The maximum Gasteiger partial charge on any atom is 0.226 e. The Bertz CT molecular complexity index is 956. The van der Waals surface area contributed by atoms with Crippen LogP contribution in [0.1, 0.15) is 10.9 Å². The fourth-order valence-electron chi connectivity index (χ4n) is 2.86. The Hall–Kier alpha value is -1.94. The van der Waals surface area contributed by atoms with E-state index in [4.69, 9.17) is 11.6 Å². The highest BCUT2D eigenvalue weighted by atomic mass is 35.5. The number of aliphatic hydroxyl groups excluding tert-OH is 2. The summed E-state index contributed by atoms with van der Waals surface area (Å²) in [6, 6.07) is 6.23. The quantitative estimate of drug-likeness (QED) is 0.583. The van der Waals surface area contributed by atoms with E-state index in [0.717, 1.165) is 5.56 Å². The first-order chi connectivity index (χ1) is 12.5. The van der Waals surface area contributed by atoms with Crippen molar-refractivity contribution in [3.05, 3.63) is 47.3 Å². The van der Waals surface area contributed by atoms with Gasteiger partial charge in [0.25, 0.3) is 0 Å². The zero-order chi connectivity index (χ0) is 18.3. The summed E-state index contributed by atoms with van der Waals surface area (Å²) in [5.41, 5.74) is 1.69. The third kappa shape index (κ3) is 3.23. The number of hydrogen-bond donors (Lipinski definition) is 3. The molecule has 2 unspecified atom stereocenters. The van der Waals surface area contributed by atoms with E-state index in [1.807, 2.05) is 0 Å². The van der Waals surface area contributed by atoms with Gasteiger partial charge < -0.3 is 15.5 Å². The van der Waals surface area contributed by atoms with Crippen LogP contribution in [0.15, 0.2) is 30.6 Å². The normalized spacial score (nSPS) is 22.8. The largest absolute Gasteiger partial charge is 0.389 e. The maximum absolute atomic E-state index is 13.3. The number of hydrogen-bond acceptors (Lipinski definition) is 7. The molecule has 3 atom stereocenters. The minimum absolute atomic E-state index is 0.0269. The molecule has 3 N–H and O–H groups in total. The van der Waals surface area contributed by atoms with Gasteiger partial charge in [0.1, 0.15) is 17.3 Å². The van der Waals surface area contributed by atoms with Gasteiger partial charge >= 0.3 is 0 Å². The van der Waals surface area contributed by atoms with Crippen molar-refractivity contribution in [3.8, 4) is 0 Å². The minimum atomic E-state index is -0.921. The Morgan fingerprint density at radius 1 is 1.35 bits per heavy atom. The molecule has 26 heavy (non-hydrogen) atoms. The summed E-state index contributed by atoms with van der Waals surface area (Å²) in [6.45, 7) is 0.340. The van der Waals surface area contributed by atoms with Crippen molar-refractivity contribution in [1.82, 2.24) is 19.5 Å². The summed E-state index contributed by atoms with van der Waals surface area (Å²) in [6.07, 6.45) is -0.178. The van der Waals surface area contributed by atoms with E-state index >= 15 is 0 Å². The first-order valence-electron chi connectivity index (χ1n) is 7.89. The van der Waals surface area contributed by atoms with E-state index in [0.29, 0.717) is 29.3 Å². The lowest BCUT2D eigenvalue weighted by molar-refractivity contribution is 0.0313. The third-order valence-corrected chi connectivity index (χ3v) is 5.69. The van der Waals surface area contributed by atoms with Gasteiger partial charge in [-0.2, -0.15) is 9.97 Å². The van der Waals surface area contributed by atoms with Crippen molar-refractivity contribution in [2.24, 2.45) is 0 Å². The van der Waals surface area contributed by atoms with Gasteiger partial charge in [0.15, 0.2) is 17.0 Å². The van der Waals surface area contributed by atoms with Crippen LogP contribution < -0.4 is 5.32 Å². The van der Waals surface area contributed by atoms with Gasteiger partial charge in [0, 0.05) is 12.3 Å². The Balaban J connectivity index is 1.66. The zero-order valence-electron chi connectivity index (χ0n) is 13.4. The summed E-state index contributed by atoms with van der Waals surface area (Å²) in [7, 11) is 0. The van der Waals surface area contributed by atoms with Crippen LogP contribution in [-0.4, -0.2) is 47.7 Å². The van der Waals surface area contributed by atoms with Gasteiger partial charge in [-0.25, -0.2) is 9.37 Å². The van der Waals surface area contributed by atoms with E-state index in [1.165, 1.54) is 23.9 Å². The minimum Gasteiger partial charge on any atom is -0.389 e. The van der Waals surface area contributed by atoms with Crippen molar-refractivity contribution < 1.29 is 14.6 Å². The van der Waals surface area contributed by atoms with E-state index in [9.17, 15) is 14.6 Å². The lowest BCUT2D eigenvalue weighted by atomic mass is 10.2. The molecule has 0 aliphatic carbocycles. The summed E-state index contributed by atoms with van der Waals surface area (Å²) in [5.74, 6) is 0.529. The molecule has 1 aliphatic heterocycles. The number of nitrogens with zero attached hydrogens (tertiary/aromatic N) is 4. The zero-order valence-corrected chi connectivity index (χ0v) is 15.0. The lowest BCUT2D eigenvalue weighted by Gasteiger charge is -2.17. The number of thioether (sulfide) groups is 1. The molecule has 1 aromatic carbocycles. The van der Waals surface area contributed by atoms with E-state index in [2.05, 4.69) is 20.3 Å². The Morgan fingerprint density at radius 3 is 2.92 bits per heavy atom. The number of imidazole rings is 1. The van der Waals surface area contributed by atoms with Gasteiger partial charge in [0.05, 0.1) is 12.4 Å². The van der Waals surface area contributed by atoms with Crippen molar-refractivity contribution >= 4 is 40.3 Å². The number of halogens is 2. The van der Waals surface area contributed by atoms with Crippen LogP contribution in [0.4, 0.5) is 10.2 Å². The van der Waals surface area contributed by atoms with Crippen LogP contribution in [0, 0.1) is 5.82 Å². The van der Waals surface area contributed by atoms with Gasteiger partial charge in [-0.05, 0) is 29.3 Å². The van der Waals surface area contributed by atoms with Gasteiger partial charge in [-0.1, -0.05) is 12.1 Å². The first-order valence-corrected chi connectivity index (χ1v) is 9.32. The second-order valence-electron chi connectivity index (χ2n) is 5.93. The summed E-state index contributed by atoms with van der Waals surface area (Å²) in [4.78, 5) is 12.7. The lowest BCUT2D eigenvalue weighted by Crippen LogP contribution is -2.27. The van der Waals surface area contributed by atoms with Crippen LogP contribution in [0.2, 0.25) is 5.28 Å². The van der Waals surface area contributed by atoms with Gasteiger partial charge in [-0.15, -0.1) is 11.8 Å².